The van der Waals surface area contributed by atoms with Gasteiger partial charge in [-0.05, 0) is 17.4 Å². The summed E-state index contributed by atoms with van der Waals surface area (Å²) in [6.07, 6.45) is 1.79. The first kappa shape index (κ1) is 13.1. The van der Waals surface area contributed by atoms with Gasteiger partial charge in [-0.25, -0.2) is 4.98 Å². The van der Waals surface area contributed by atoms with E-state index < -0.39 is 0 Å². The average Bonchev–Trinajstić information content (AvgIpc) is 2.77. The summed E-state index contributed by atoms with van der Waals surface area (Å²) in [4.78, 5) is 4.04. The SMILES string of the molecule is CCSc1nnc(SCc2ccc(Cl)nc2)s1. The zero-order valence-corrected chi connectivity index (χ0v) is 12.3. The standard InChI is InChI=1S/C10H10ClN3S3/c1-2-15-9-13-14-10(17-9)16-6-7-3-4-8(11)12-5-7/h3-5H,2,6H2,1H3. The van der Waals surface area contributed by atoms with Crippen molar-refractivity contribution < 1.29 is 0 Å². The molecule has 0 aliphatic heterocycles. The van der Waals surface area contributed by atoms with Gasteiger partial charge in [0, 0.05) is 11.9 Å². The van der Waals surface area contributed by atoms with E-state index in [1.807, 2.05) is 6.07 Å². The molecule has 0 saturated carbocycles. The molecule has 0 aliphatic rings. The van der Waals surface area contributed by atoms with Crippen LogP contribution in [0, 0.1) is 0 Å². The molecule has 0 unspecified atom stereocenters. The van der Waals surface area contributed by atoms with E-state index in [0.29, 0.717) is 5.15 Å². The number of halogens is 1. The summed E-state index contributed by atoms with van der Waals surface area (Å²) in [6, 6.07) is 3.78. The lowest BCUT2D eigenvalue weighted by molar-refractivity contribution is 0.954. The maximum Gasteiger partial charge on any atom is 0.175 e. The summed E-state index contributed by atoms with van der Waals surface area (Å²) < 4.78 is 2.03. The van der Waals surface area contributed by atoms with Crippen LogP contribution in [0.2, 0.25) is 5.15 Å². The Hall–Kier alpha value is -0.300. The molecule has 0 aliphatic carbocycles. The number of hydrogen-bond acceptors (Lipinski definition) is 6. The second-order valence-electron chi connectivity index (χ2n) is 3.04. The smallest absolute Gasteiger partial charge is 0.175 e. The molecule has 0 spiro atoms. The molecule has 0 N–H and O–H groups in total. The van der Waals surface area contributed by atoms with E-state index in [-0.39, 0.29) is 0 Å². The van der Waals surface area contributed by atoms with E-state index in [9.17, 15) is 0 Å². The van der Waals surface area contributed by atoms with E-state index in [4.69, 9.17) is 11.6 Å². The van der Waals surface area contributed by atoms with Crippen LogP contribution >= 0.6 is 46.5 Å². The van der Waals surface area contributed by atoms with Crippen LogP contribution in [0.1, 0.15) is 12.5 Å². The van der Waals surface area contributed by atoms with E-state index in [0.717, 1.165) is 25.7 Å². The van der Waals surface area contributed by atoms with Crippen molar-refractivity contribution >= 4 is 46.5 Å². The van der Waals surface area contributed by atoms with Gasteiger partial charge in [0.1, 0.15) is 5.15 Å². The van der Waals surface area contributed by atoms with Crippen LogP contribution in [-0.2, 0) is 5.75 Å². The number of aromatic nitrogens is 3. The Morgan fingerprint density at radius 1 is 1.24 bits per heavy atom. The van der Waals surface area contributed by atoms with Gasteiger partial charge >= 0.3 is 0 Å². The highest BCUT2D eigenvalue weighted by Gasteiger charge is 2.05. The third-order valence-corrected chi connectivity index (χ3v) is 5.17. The van der Waals surface area contributed by atoms with Crippen LogP contribution in [0.15, 0.2) is 27.0 Å². The molecule has 0 radical (unpaired) electrons. The van der Waals surface area contributed by atoms with Gasteiger partial charge in [-0.1, -0.05) is 59.5 Å². The number of hydrogen-bond donors (Lipinski definition) is 0. The molecular formula is C10H10ClN3S3. The maximum absolute atomic E-state index is 5.73. The average molecular weight is 304 g/mol. The third-order valence-electron chi connectivity index (χ3n) is 1.81. The van der Waals surface area contributed by atoms with Crippen molar-refractivity contribution in [1.82, 2.24) is 15.2 Å². The summed E-state index contributed by atoms with van der Waals surface area (Å²) in [7, 11) is 0. The molecule has 0 atom stereocenters. The lowest BCUT2D eigenvalue weighted by Crippen LogP contribution is -1.82. The topological polar surface area (TPSA) is 38.7 Å². The first-order chi connectivity index (χ1) is 8.28. The van der Waals surface area contributed by atoms with E-state index in [1.165, 1.54) is 0 Å². The lowest BCUT2D eigenvalue weighted by atomic mass is 10.3. The normalized spacial score (nSPS) is 10.7. The summed E-state index contributed by atoms with van der Waals surface area (Å²) >= 11 is 10.8. The van der Waals surface area contributed by atoms with Crippen LogP contribution in [0.3, 0.4) is 0 Å². The molecule has 3 nitrogen and oxygen atoms in total. The fourth-order valence-electron chi connectivity index (χ4n) is 1.07. The van der Waals surface area contributed by atoms with E-state index >= 15 is 0 Å². The van der Waals surface area contributed by atoms with Crippen LogP contribution < -0.4 is 0 Å². The molecule has 90 valence electrons. The van der Waals surface area contributed by atoms with Crippen LogP contribution in [0.25, 0.3) is 0 Å². The number of pyridine rings is 1. The van der Waals surface area contributed by atoms with Gasteiger partial charge in [0.25, 0.3) is 0 Å². The number of thioether (sulfide) groups is 2. The zero-order valence-electron chi connectivity index (χ0n) is 9.09. The molecule has 0 amide bonds. The molecule has 17 heavy (non-hydrogen) atoms. The minimum Gasteiger partial charge on any atom is -0.244 e. The Labute approximate surface area is 117 Å². The lowest BCUT2D eigenvalue weighted by Gasteiger charge is -1.97. The fourth-order valence-corrected chi connectivity index (χ4v) is 4.04. The summed E-state index contributed by atoms with van der Waals surface area (Å²) in [5.41, 5.74) is 1.14. The fraction of sp³-hybridized carbons (Fsp3) is 0.300. The van der Waals surface area contributed by atoms with Gasteiger partial charge < -0.3 is 0 Å². The number of nitrogens with zero attached hydrogens (tertiary/aromatic N) is 3. The van der Waals surface area contributed by atoms with Crippen LogP contribution in [0.5, 0.6) is 0 Å². The van der Waals surface area contributed by atoms with Gasteiger partial charge in [-0.2, -0.15) is 0 Å². The molecule has 0 saturated heterocycles. The van der Waals surface area contributed by atoms with Crippen molar-refractivity contribution in [2.75, 3.05) is 5.75 Å². The Morgan fingerprint density at radius 2 is 2.00 bits per heavy atom. The van der Waals surface area contributed by atoms with Gasteiger partial charge in [0.2, 0.25) is 0 Å². The van der Waals surface area contributed by atoms with Gasteiger partial charge in [0.05, 0.1) is 0 Å². The maximum atomic E-state index is 5.73. The minimum atomic E-state index is 0.524. The highest BCUT2D eigenvalue weighted by atomic mass is 35.5. The molecular weight excluding hydrogens is 294 g/mol. The van der Waals surface area contributed by atoms with Crippen molar-refractivity contribution in [1.29, 1.82) is 0 Å². The minimum absolute atomic E-state index is 0.524. The largest absolute Gasteiger partial charge is 0.244 e. The van der Waals surface area contributed by atoms with Gasteiger partial charge in [0.15, 0.2) is 8.68 Å². The molecule has 0 bridgehead atoms. The highest BCUT2D eigenvalue weighted by Crippen LogP contribution is 2.30. The van der Waals surface area contributed by atoms with Crippen molar-refractivity contribution in [3.05, 3.63) is 29.0 Å². The van der Waals surface area contributed by atoms with Crippen molar-refractivity contribution in [3.63, 3.8) is 0 Å². The molecule has 2 aromatic heterocycles. The zero-order chi connectivity index (χ0) is 12.1. The van der Waals surface area contributed by atoms with Crippen molar-refractivity contribution in [2.24, 2.45) is 0 Å². The predicted octanol–water partition coefficient (Wildman–Crippen LogP) is 3.99. The van der Waals surface area contributed by atoms with Crippen molar-refractivity contribution in [2.45, 2.75) is 21.4 Å². The molecule has 0 aromatic carbocycles. The first-order valence-corrected chi connectivity index (χ1v) is 8.14. The van der Waals surface area contributed by atoms with E-state index in [2.05, 4.69) is 22.1 Å². The Bertz CT molecular complexity index is 472. The molecule has 7 heteroatoms. The summed E-state index contributed by atoms with van der Waals surface area (Å²) in [5.74, 6) is 1.87. The molecule has 0 fully saturated rings. The van der Waals surface area contributed by atoms with E-state index in [1.54, 1.807) is 47.1 Å². The van der Waals surface area contributed by atoms with Crippen molar-refractivity contribution in [3.8, 4) is 0 Å². The molecule has 2 aromatic rings. The number of rotatable bonds is 5. The van der Waals surface area contributed by atoms with Crippen LogP contribution in [-0.4, -0.2) is 20.9 Å². The van der Waals surface area contributed by atoms with Gasteiger partial charge in [-0.15, -0.1) is 10.2 Å². The highest BCUT2D eigenvalue weighted by molar-refractivity contribution is 8.02. The predicted molar refractivity (Wildman–Crippen MR) is 75.1 cm³/mol. The first-order valence-electron chi connectivity index (χ1n) is 4.97. The summed E-state index contributed by atoms with van der Waals surface area (Å²) in [6.45, 7) is 2.11. The third kappa shape index (κ3) is 4.13. The second kappa shape index (κ2) is 6.58. The molecule has 2 heterocycles. The Morgan fingerprint density at radius 3 is 2.65 bits per heavy atom. The van der Waals surface area contributed by atoms with Crippen LogP contribution in [0.4, 0.5) is 0 Å². The Balaban J connectivity index is 1.90. The van der Waals surface area contributed by atoms with Gasteiger partial charge in [-0.3, -0.25) is 0 Å². The Kier molecular flexibility index (Phi) is 5.09. The second-order valence-corrected chi connectivity index (χ2v) is 7.14. The monoisotopic (exact) mass is 303 g/mol. The summed E-state index contributed by atoms with van der Waals surface area (Å²) in [5, 5.41) is 8.76. The molecule has 2 rings (SSSR count). The quantitative estimate of drug-likeness (QED) is 0.617.